The SMILES string of the molecule is CC(C)c1ccc(N=Cc2ccc(Cl)s2)cc1. The minimum absolute atomic E-state index is 0.559. The Bertz CT molecular complexity index is 511. The van der Waals surface area contributed by atoms with Crippen molar-refractivity contribution in [2.45, 2.75) is 19.8 Å². The summed E-state index contributed by atoms with van der Waals surface area (Å²) in [5.74, 6) is 0.559. The van der Waals surface area contributed by atoms with Crippen LogP contribution in [0.1, 0.15) is 30.2 Å². The highest BCUT2D eigenvalue weighted by Crippen LogP contribution is 2.22. The number of benzene rings is 1. The van der Waals surface area contributed by atoms with Gasteiger partial charge in [0.2, 0.25) is 0 Å². The Morgan fingerprint density at radius 1 is 1.12 bits per heavy atom. The molecule has 0 aliphatic carbocycles. The molecule has 0 amide bonds. The lowest BCUT2D eigenvalue weighted by Crippen LogP contribution is -1.84. The van der Waals surface area contributed by atoms with E-state index in [9.17, 15) is 0 Å². The number of thiophene rings is 1. The standard InChI is InChI=1S/C14H14ClNS/c1-10(2)11-3-5-12(6-4-11)16-9-13-7-8-14(15)17-13/h3-10H,1-2H3. The van der Waals surface area contributed by atoms with Gasteiger partial charge in [-0.15, -0.1) is 11.3 Å². The molecule has 2 aromatic rings. The summed E-state index contributed by atoms with van der Waals surface area (Å²) in [5, 5.41) is 0. The molecule has 0 saturated heterocycles. The average molecular weight is 264 g/mol. The van der Waals surface area contributed by atoms with Gasteiger partial charge in [-0.1, -0.05) is 37.6 Å². The van der Waals surface area contributed by atoms with Gasteiger partial charge in [0.15, 0.2) is 0 Å². The number of rotatable bonds is 3. The summed E-state index contributed by atoms with van der Waals surface area (Å²) in [6, 6.07) is 12.2. The highest BCUT2D eigenvalue weighted by Gasteiger charge is 1.98. The van der Waals surface area contributed by atoms with Crippen LogP contribution in [0.3, 0.4) is 0 Å². The molecule has 1 aromatic heterocycles. The van der Waals surface area contributed by atoms with Crippen molar-refractivity contribution >= 4 is 34.8 Å². The monoisotopic (exact) mass is 263 g/mol. The summed E-state index contributed by atoms with van der Waals surface area (Å²) < 4.78 is 0.793. The van der Waals surface area contributed by atoms with E-state index < -0.39 is 0 Å². The van der Waals surface area contributed by atoms with Gasteiger partial charge in [0, 0.05) is 11.1 Å². The molecule has 0 bridgehead atoms. The summed E-state index contributed by atoms with van der Waals surface area (Å²) in [4.78, 5) is 5.49. The van der Waals surface area contributed by atoms with Crippen LogP contribution in [0.5, 0.6) is 0 Å². The zero-order valence-corrected chi connectivity index (χ0v) is 11.4. The molecule has 0 N–H and O–H groups in total. The van der Waals surface area contributed by atoms with Crippen LogP contribution in [-0.4, -0.2) is 6.21 Å². The Balaban J connectivity index is 2.11. The first-order chi connectivity index (χ1) is 8.15. The largest absolute Gasteiger partial charge is 0.255 e. The van der Waals surface area contributed by atoms with Crippen LogP contribution >= 0.6 is 22.9 Å². The number of hydrogen-bond acceptors (Lipinski definition) is 2. The maximum absolute atomic E-state index is 5.85. The van der Waals surface area contributed by atoms with Gasteiger partial charge in [-0.2, -0.15) is 0 Å². The average Bonchev–Trinajstić information content (AvgIpc) is 2.73. The third-order valence-corrected chi connectivity index (χ3v) is 3.66. The van der Waals surface area contributed by atoms with E-state index in [1.165, 1.54) is 16.9 Å². The van der Waals surface area contributed by atoms with Crippen LogP contribution in [0.25, 0.3) is 0 Å². The minimum Gasteiger partial charge on any atom is -0.255 e. The maximum atomic E-state index is 5.85. The maximum Gasteiger partial charge on any atom is 0.0935 e. The van der Waals surface area contributed by atoms with Gasteiger partial charge < -0.3 is 0 Å². The van der Waals surface area contributed by atoms with E-state index >= 15 is 0 Å². The highest BCUT2D eigenvalue weighted by atomic mass is 35.5. The van der Waals surface area contributed by atoms with Crippen molar-refractivity contribution in [2.24, 2.45) is 4.99 Å². The van der Waals surface area contributed by atoms with E-state index in [0.717, 1.165) is 14.9 Å². The van der Waals surface area contributed by atoms with Crippen LogP contribution in [0.2, 0.25) is 4.34 Å². The van der Waals surface area contributed by atoms with Gasteiger partial charge in [-0.3, -0.25) is 4.99 Å². The van der Waals surface area contributed by atoms with Crippen molar-refractivity contribution < 1.29 is 0 Å². The normalized spacial score (nSPS) is 11.5. The van der Waals surface area contributed by atoms with Crippen LogP contribution in [0.15, 0.2) is 41.4 Å². The molecule has 0 fully saturated rings. The second-order valence-corrected chi connectivity index (χ2v) is 5.89. The van der Waals surface area contributed by atoms with E-state index in [4.69, 9.17) is 11.6 Å². The molecule has 0 saturated carbocycles. The van der Waals surface area contributed by atoms with Gasteiger partial charge in [0.25, 0.3) is 0 Å². The van der Waals surface area contributed by atoms with Crippen molar-refractivity contribution in [3.05, 3.63) is 51.2 Å². The molecule has 0 aliphatic heterocycles. The molecule has 2 rings (SSSR count). The van der Waals surface area contributed by atoms with Gasteiger partial charge >= 0.3 is 0 Å². The second-order valence-electron chi connectivity index (χ2n) is 4.15. The summed E-state index contributed by atoms with van der Waals surface area (Å²) in [6.45, 7) is 4.37. The fourth-order valence-electron chi connectivity index (χ4n) is 1.48. The lowest BCUT2D eigenvalue weighted by molar-refractivity contribution is 0.867. The van der Waals surface area contributed by atoms with E-state index in [0.29, 0.717) is 5.92 Å². The van der Waals surface area contributed by atoms with Crippen molar-refractivity contribution in [3.8, 4) is 0 Å². The van der Waals surface area contributed by atoms with Crippen LogP contribution in [-0.2, 0) is 0 Å². The molecule has 3 heteroatoms. The first-order valence-corrected chi connectivity index (χ1v) is 6.74. The smallest absolute Gasteiger partial charge is 0.0935 e. The predicted octanol–water partition coefficient (Wildman–Crippen LogP) is 5.28. The lowest BCUT2D eigenvalue weighted by atomic mass is 10.0. The molecule has 0 aliphatic rings. The molecule has 1 nitrogen and oxygen atoms in total. The number of halogens is 1. The zero-order valence-electron chi connectivity index (χ0n) is 9.85. The molecule has 0 unspecified atom stereocenters. The molecule has 0 atom stereocenters. The molecule has 1 heterocycles. The number of hydrogen-bond donors (Lipinski definition) is 0. The first-order valence-electron chi connectivity index (χ1n) is 5.54. The topological polar surface area (TPSA) is 12.4 Å². The highest BCUT2D eigenvalue weighted by molar-refractivity contribution is 7.17. The third-order valence-electron chi connectivity index (χ3n) is 2.49. The Morgan fingerprint density at radius 2 is 1.82 bits per heavy atom. The fraction of sp³-hybridized carbons (Fsp3) is 0.214. The Hall–Kier alpha value is -1.12. The molecule has 0 spiro atoms. The van der Waals surface area contributed by atoms with E-state index in [-0.39, 0.29) is 0 Å². The van der Waals surface area contributed by atoms with E-state index in [1.807, 2.05) is 30.5 Å². The van der Waals surface area contributed by atoms with Gasteiger partial charge in [-0.25, -0.2) is 0 Å². The van der Waals surface area contributed by atoms with Gasteiger partial charge in [0.05, 0.1) is 10.0 Å². The number of aliphatic imine (C=N–C) groups is 1. The van der Waals surface area contributed by atoms with E-state index in [1.54, 1.807) is 0 Å². The first kappa shape index (κ1) is 12.3. The van der Waals surface area contributed by atoms with E-state index in [2.05, 4.69) is 31.0 Å². The van der Waals surface area contributed by atoms with Crippen molar-refractivity contribution in [3.63, 3.8) is 0 Å². The Labute approximate surface area is 111 Å². The summed E-state index contributed by atoms with van der Waals surface area (Å²) in [6.07, 6.45) is 1.85. The zero-order chi connectivity index (χ0) is 12.3. The fourth-order valence-corrected chi connectivity index (χ4v) is 2.41. The quantitative estimate of drug-likeness (QED) is 0.669. The van der Waals surface area contributed by atoms with Gasteiger partial charge in [0.1, 0.15) is 0 Å². The Kier molecular flexibility index (Phi) is 3.97. The number of nitrogens with zero attached hydrogens (tertiary/aromatic N) is 1. The van der Waals surface area contributed by atoms with Crippen molar-refractivity contribution in [1.82, 2.24) is 0 Å². The predicted molar refractivity (Wildman–Crippen MR) is 77.1 cm³/mol. The summed E-state index contributed by atoms with van der Waals surface area (Å²) in [5.41, 5.74) is 2.31. The van der Waals surface area contributed by atoms with Crippen LogP contribution < -0.4 is 0 Å². The van der Waals surface area contributed by atoms with Crippen LogP contribution in [0, 0.1) is 0 Å². The molecule has 17 heavy (non-hydrogen) atoms. The van der Waals surface area contributed by atoms with Crippen molar-refractivity contribution in [2.75, 3.05) is 0 Å². The molecular weight excluding hydrogens is 250 g/mol. The second kappa shape index (κ2) is 5.48. The van der Waals surface area contributed by atoms with Crippen LogP contribution in [0.4, 0.5) is 5.69 Å². The van der Waals surface area contributed by atoms with Crippen molar-refractivity contribution in [1.29, 1.82) is 0 Å². The Morgan fingerprint density at radius 3 is 2.35 bits per heavy atom. The summed E-state index contributed by atoms with van der Waals surface area (Å²) in [7, 11) is 0. The van der Waals surface area contributed by atoms with Gasteiger partial charge in [-0.05, 0) is 35.7 Å². The third kappa shape index (κ3) is 3.42. The molecule has 0 radical (unpaired) electrons. The molecular formula is C14H14ClNS. The lowest BCUT2D eigenvalue weighted by Gasteiger charge is -2.04. The minimum atomic E-state index is 0.559. The summed E-state index contributed by atoms with van der Waals surface area (Å²) >= 11 is 7.39. The molecule has 1 aromatic carbocycles. The molecule has 88 valence electrons.